The monoisotopic (exact) mass is 317 g/mol. The van der Waals surface area contributed by atoms with Crippen LogP contribution in [0.1, 0.15) is 5.56 Å². The summed E-state index contributed by atoms with van der Waals surface area (Å²) in [6, 6.07) is 11.2. The van der Waals surface area contributed by atoms with E-state index in [1.807, 2.05) is 30.3 Å². The number of halogens is 1. The highest BCUT2D eigenvalue weighted by atomic mass is 35.5. The Kier molecular flexibility index (Phi) is 3.86. The number of rotatable bonds is 3. The van der Waals surface area contributed by atoms with Crippen molar-refractivity contribution in [2.45, 2.75) is 10.6 Å². The number of nitrogens with two attached hydrogens (primary N) is 1. The Morgan fingerprint density at radius 2 is 2.00 bits per heavy atom. The zero-order valence-corrected chi connectivity index (χ0v) is 12.5. The van der Waals surface area contributed by atoms with Gasteiger partial charge in [-0.05, 0) is 29.8 Å². The summed E-state index contributed by atoms with van der Waals surface area (Å²) < 4.78 is 0. The van der Waals surface area contributed by atoms with E-state index < -0.39 is 0 Å². The van der Waals surface area contributed by atoms with Gasteiger partial charge in [0.2, 0.25) is 0 Å². The molecule has 0 aliphatic heterocycles. The van der Waals surface area contributed by atoms with Crippen molar-refractivity contribution in [3.05, 3.63) is 63.7 Å². The van der Waals surface area contributed by atoms with Crippen molar-refractivity contribution in [2.75, 3.05) is 5.73 Å². The Balaban J connectivity index is 1.88. The number of nitrogens with one attached hydrogen (secondary N) is 1. The van der Waals surface area contributed by atoms with Gasteiger partial charge in [-0.15, -0.1) is 11.8 Å². The first kappa shape index (κ1) is 14.0. The summed E-state index contributed by atoms with van der Waals surface area (Å²) in [5.74, 6) is 0.774. The summed E-state index contributed by atoms with van der Waals surface area (Å²) >= 11 is 7.47. The molecule has 106 valence electrons. The summed E-state index contributed by atoms with van der Waals surface area (Å²) in [7, 11) is 0. The minimum absolute atomic E-state index is 0.180. The lowest BCUT2D eigenvalue weighted by Crippen LogP contribution is -2.07. The second-order valence-electron chi connectivity index (χ2n) is 4.55. The lowest BCUT2D eigenvalue weighted by Gasteiger charge is -2.07. The van der Waals surface area contributed by atoms with Crippen molar-refractivity contribution < 1.29 is 0 Å². The molecule has 0 unspecified atom stereocenters. The summed E-state index contributed by atoms with van der Waals surface area (Å²) in [6.07, 6.45) is 1.40. The molecule has 0 bridgehead atoms. The number of nitrogen functional groups attached to an aromatic ring is 1. The van der Waals surface area contributed by atoms with Crippen LogP contribution in [0.15, 0.2) is 52.4 Å². The smallest absolute Gasteiger partial charge is 0.258 e. The molecular weight excluding hydrogens is 306 g/mol. The molecule has 0 saturated carbocycles. The molecule has 0 saturated heterocycles. The number of nitrogens with zero attached hydrogens (tertiary/aromatic N) is 1. The van der Waals surface area contributed by atoms with Gasteiger partial charge in [-0.25, -0.2) is 4.98 Å². The third kappa shape index (κ3) is 3.04. The summed E-state index contributed by atoms with van der Waals surface area (Å²) in [5.41, 5.74) is 8.23. The summed E-state index contributed by atoms with van der Waals surface area (Å²) in [6.45, 7) is 0. The van der Waals surface area contributed by atoms with Gasteiger partial charge in [-0.1, -0.05) is 23.7 Å². The molecular formula is C15H12ClN3OS. The van der Waals surface area contributed by atoms with Gasteiger partial charge < -0.3 is 10.7 Å². The van der Waals surface area contributed by atoms with Gasteiger partial charge in [0.05, 0.1) is 17.2 Å². The van der Waals surface area contributed by atoms with Crippen LogP contribution < -0.4 is 11.3 Å². The van der Waals surface area contributed by atoms with Crippen LogP contribution in [0, 0.1) is 0 Å². The normalized spacial score (nSPS) is 10.9. The van der Waals surface area contributed by atoms with Gasteiger partial charge in [0, 0.05) is 21.4 Å². The minimum Gasteiger partial charge on any atom is -0.398 e. The van der Waals surface area contributed by atoms with E-state index in [1.165, 1.54) is 6.33 Å². The maximum absolute atomic E-state index is 11.7. The molecule has 4 nitrogen and oxygen atoms in total. The first-order valence-corrected chi connectivity index (χ1v) is 7.64. The number of aromatic amines is 1. The van der Waals surface area contributed by atoms with E-state index in [1.54, 1.807) is 17.8 Å². The number of fused-ring (bicyclic) bond motifs is 1. The number of hydrogen-bond acceptors (Lipinski definition) is 4. The molecule has 0 amide bonds. The van der Waals surface area contributed by atoms with Crippen LogP contribution in [0.2, 0.25) is 5.02 Å². The number of aromatic nitrogens is 2. The van der Waals surface area contributed by atoms with Crippen LogP contribution in [0.3, 0.4) is 0 Å². The van der Waals surface area contributed by atoms with Crippen molar-refractivity contribution in [2.24, 2.45) is 0 Å². The van der Waals surface area contributed by atoms with Crippen molar-refractivity contribution in [1.29, 1.82) is 0 Å². The van der Waals surface area contributed by atoms with Gasteiger partial charge in [-0.2, -0.15) is 0 Å². The molecule has 6 heteroatoms. The third-order valence-electron chi connectivity index (χ3n) is 3.08. The van der Waals surface area contributed by atoms with Gasteiger partial charge >= 0.3 is 0 Å². The summed E-state index contributed by atoms with van der Waals surface area (Å²) in [5, 5.41) is 1.23. The number of thioether (sulfide) groups is 1. The quantitative estimate of drug-likeness (QED) is 0.573. The van der Waals surface area contributed by atoms with E-state index in [9.17, 15) is 4.79 Å². The molecule has 1 aromatic heterocycles. The number of H-pyrrole nitrogens is 1. The molecule has 0 aliphatic rings. The minimum atomic E-state index is -0.180. The van der Waals surface area contributed by atoms with Gasteiger partial charge in [0.15, 0.2) is 0 Å². The lowest BCUT2D eigenvalue weighted by molar-refractivity contribution is 1.17. The fourth-order valence-electron chi connectivity index (χ4n) is 1.98. The van der Waals surface area contributed by atoms with Crippen LogP contribution in [-0.2, 0) is 5.75 Å². The van der Waals surface area contributed by atoms with E-state index in [4.69, 9.17) is 17.3 Å². The van der Waals surface area contributed by atoms with Crippen molar-refractivity contribution in [3.8, 4) is 0 Å². The maximum Gasteiger partial charge on any atom is 0.258 e. The molecule has 3 N–H and O–H groups in total. The predicted octanol–water partition coefficient (Wildman–Crippen LogP) is 3.45. The number of hydrogen-bond donors (Lipinski definition) is 2. The van der Waals surface area contributed by atoms with Crippen LogP contribution in [0.5, 0.6) is 0 Å². The fraction of sp³-hybridized carbons (Fsp3) is 0.0667. The van der Waals surface area contributed by atoms with Crippen LogP contribution >= 0.6 is 23.4 Å². The largest absolute Gasteiger partial charge is 0.398 e. The molecule has 3 rings (SSSR count). The van der Waals surface area contributed by atoms with Gasteiger partial charge in [0.25, 0.3) is 5.56 Å². The molecule has 21 heavy (non-hydrogen) atoms. The van der Waals surface area contributed by atoms with E-state index in [0.29, 0.717) is 16.6 Å². The zero-order valence-electron chi connectivity index (χ0n) is 11.0. The molecule has 3 aromatic rings. The Hall–Kier alpha value is -1.98. The molecule has 0 spiro atoms. The van der Waals surface area contributed by atoms with E-state index >= 15 is 0 Å². The average Bonchev–Trinajstić information content (AvgIpc) is 2.48. The van der Waals surface area contributed by atoms with E-state index in [-0.39, 0.29) is 5.56 Å². The SMILES string of the molecule is Nc1cc2c(=O)[nH]cnc2cc1SCc1ccc(Cl)cc1. The molecule has 0 aliphatic carbocycles. The van der Waals surface area contributed by atoms with Crippen LogP contribution in [0.4, 0.5) is 5.69 Å². The third-order valence-corrected chi connectivity index (χ3v) is 4.47. The topological polar surface area (TPSA) is 71.8 Å². The highest BCUT2D eigenvalue weighted by molar-refractivity contribution is 7.98. The maximum atomic E-state index is 11.7. The second-order valence-corrected chi connectivity index (χ2v) is 6.01. The Labute approximate surface area is 130 Å². The molecule has 2 aromatic carbocycles. The van der Waals surface area contributed by atoms with Crippen LogP contribution in [-0.4, -0.2) is 9.97 Å². The van der Waals surface area contributed by atoms with Crippen molar-refractivity contribution in [3.63, 3.8) is 0 Å². The number of anilines is 1. The van der Waals surface area contributed by atoms with E-state index in [0.717, 1.165) is 21.2 Å². The average molecular weight is 318 g/mol. The molecule has 0 fully saturated rings. The molecule has 1 heterocycles. The van der Waals surface area contributed by atoms with Crippen molar-refractivity contribution in [1.82, 2.24) is 9.97 Å². The summed E-state index contributed by atoms with van der Waals surface area (Å²) in [4.78, 5) is 19.3. The zero-order chi connectivity index (χ0) is 14.8. The standard InChI is InChI=1S/C15H12ClN3OS/c16-10-3-1-9(2-4-10)7-21-14-6-13-11(5-12(14)17)15(20)19-8-18-13/h1-6,8H,7,17H2,(H,18,19,20). The molecule has 0 atom stereocenters. The van der Waals surface area contributed by atoms with Crippen LogP contribution in [0.25, 0.3) is 10.9 Å². The first-order chi connectivity index (χ1) is 10.1. The molecule has 0 radical (unpaired) electrons. The second kappa shape index (κ2) is 5.79. The highest BCUT2D eigenvalue weighted by Crippen LogP contribution is 2.30. The predicted molar refractivity (Wildman–Crippen MR) is 87.8 cm³/mol. The highest BCUT2D eigenvalue weighted by Gasteiger charge is 2.07. The van der Waals surface area contributed by atoms with Crippen molar-refractivity contribution >= 4 is 40.0 Å². The first-order valence-electron chi connectivity index (χ1n) is 6.27. The van der Waals surface area contributed by atoms with E-state index in [2.05, 4.69) is 9.97 Å². The fourth-order valence-corrected chi connectivity index (χ4v) is 3.04. The lowest BCUT2D eigenvalue weighted by atomic mass is 10.2. The Morgan fingerprint density at radius 3 is 2.76 bits per heavy atom. The van der Waals surface area contributed by atoms with Gasteiger partial charge in [0.1, 0.15) is 0 Å². The Bertz CT molecular complexity index is 846. The Morgan fingerprint density at radius 1 is 1.24 bits per heavy atom. The number of benzene rings is 2. The van der Waals surface area contributed by atoms with Gasteiger partial charge in [-0.3, -0.25) is 4.79 Å².